The molecule has 2 nitrogen and oxygen atoms in total. The molecule has 3 heteroatoms. The molecule has 0 aliphatic heterocycles. The van der Waals surface area contributed by atoms with Crippen LogP contribution in [0.3, 0.4) is 0 Å². The van der Waals surface area contributed by atoms with Gasteiger partial charge in [0.05, 0.1) is 5.92 Å². The second-order valence-corrected chi connectivity index (χ2v) is 8.35. The topological polar surface area (TPSA) is 26.3 Å². The minimum atomic E-state index is -0.414. The van der Waals surface area contributed by atoms with Gasteiger partial charge in [0.2, 0.25) is 0 Å². The van der Waals surface area contributed by atoms with E-state index in [1.807, 2.05) is 39.8 Å². The predicted octanol–water partition coefficient (Wildman–Crippen LogP) is 5.54. The molecule has 1 saturated carbocycles. The van der Waals surface area contributed by atoms with E-state index in [2.05, 4.69) is 0 Å². The van der Waals surface area contributed by atoms with Crippen molar-refractivity contribution in [3.05, 3.63) is 35.6 Å². The van der Waals surface area contributed by atoms with Crippen LogP contribution >= 0.6 is 0 Å². The number of esters is 1. The fraction of sp³-hybridized carbons (Fsp3) is 0.667. The van der Waals surface area contributed by atoms with Gasteiger partial charge in [-0.2, -0.15) is 0 Å². The molecule has 0 heterocycles. The van der Waals surface area contributed by atoms with E-state index in [-0.39, 0.29) is 17.7 Å². The van der Waals surface area contributed by atoms with Crippen LogP contribution in [0.4, 0.5) is 4.39 Å². The fourth-order valence-electron chi connectivity index (χ4n) is 3.64. The van der Waals surface area contributed by atoms with Crippen LogP contribution in [0.25, 0.3) is 0 Å². The first-order valence-corrected chi connectivity index (χ1v) is 9.21. The molecule has 0 amide bonds. The summed E-state index contributed by atoms with van der Waals surface area (Å²) in [4.78, 5) is 12.1. The lowest BCUT2D eigenvalue weighted by atomic mass is 9.76. The summed E-state index contributed by atoms with van der Waals surface area (Å²) >= 11 is 0. The van der Waals surface area contributed by atoms with Gasteiger partial charge in [0.1, 0.15) is 11.4 Å². The molecule has 0 saturated heterocycles. The largest absolute Gasteiger partial charge is 0.460 e. The molecule has 0 aromatic heterocycles. The van der Waals surface area contributed by atoms with Gasteiger partial charge in [-0.15, -0.1) is 0 Å². The molecule has 1 aliphatic carbocycles. The Morgan fingerprint density at radius 1 is 1.17 bits per heavy atom. The Labute approximate surface area is 145 Å². The van der Waals surface area contributed by atoms with Gasteiger partial charge < -0.3 is 4.74 Å². The molecule has 134 valence electrons. The molecular formula is C21H31FO2. The van der Waals surface area contributed by atoms with Crippen molar-refractivity contribution in [1.29, 1.82) is 0 Å². The highest BCUT2D eigenvalue weighted by Crippen LogP contribution is 2.35. The van der Waals surface area contributed by atoms with Crippen molar-refractivity contribution in [3.8, 4) is 0 Å². The molecule has 1 aromatic carbocycles. The predicted molar refractivity (Wildman–Crippen MR) is 95.2 cm³/mol. The van der Waals surface area contributed by atoms with Crippen molar-refractivity contribution in [3.63, 3.8) is 0 Å². The lowest BCUT2D eigenvalue weighted by Gasteiger charge is -2.30. The monoisotopic (exact) mass is 334 g/mol. The van der Waals surface area contributed by atoms with Crippen LogP contribution in [0.15, 0.2) is 24.3 Å². The van der Waals surface area contributed by atoms with Gasteiger partial charge in [0.15, 0.2) is 0 Å². The Morgan fingerprint density at radius 3 is 2.33 bits per heavy atom. The summed E-state index contributed by atoms with van der Waals surface area (Å²) in [5.74, 6) is 0.936. The van der Waals surface area contributed by atoms with Gasteiger partial charge in [-0.25, -0.2) is 4.39 Å². The minimum Gasteiger partial charge on any atom is -0.460 e. The van der Waals surface area contributed by atoms with E-state index in [0.717, 1.165) is 44.1 Å². The van der Waals surface area contributed by atoms with Crippen molar-refractivity contribution in [1.82, 2.24) is 0 Å². The first kappa shape index (κ1) is 19.0. The maximum atomic E-state index is 13.8. The highest BCUT2D eigenvalue weighted by atomic mass is 19.1. The average molecular weight is 334 g/mol. The van der Waals surface area contributed by atoms with Crippen LogP contribution < -0.4 is 0 Å². The van der Waals surface area contributed by atoms with Gasteiger partial charge in [0, 0.05) is 0 Å². The molecule has 0 radical (unpaired) electrons. The SMILES string of the molecule is CC(CC1CCC(Cc2ccccc2F)CC1)C(=O)OC(C)(C)C. The molecular weight excluding hydrogens is 303 g/mol. The number of carbonyl (C=O) groups is 1. The molecule has 1 atom stereocenters. The molecule has 0 spiro atoms. The van der Waals surface area contributed by atoms with Gasteiger partial charge >= 0.3 is 5.97 Å². The third-order valence-electron chi connectivity index (χ3n) is 4.93. The lowest BCUT2D eigenvalue weighted by Crippen LogP contribution is -2.29. The zero-order valence-corrected chi connectivity index (χ0v) is 15.5. The summed E-state index contributed by atoms with van der Waals surface area (Å²) in [5, 5.41) is 0. The quantitative estimate of drug-likeness (QED) is 0.661. The first-order chi connectivity index (χ1) is 11.2. The number of hydrogen-bond donors (Lipinski definition) is 0. The molecule has 0 bridgehead atoms. The van der Waals surface area contributed by atoms with E-state index in [4.69, 9.17) is 4.74 Å². The summed E-state index contributed by atoms with van der Waals surface area (Å²) in [6.07, 6.45) is 6.25. The Hall–Kier alpha value is -1.38. The van der Waals surface area contributed by atoms with E-state index >= 15 is 0 Å². The van der Waals surface area contributed by atoms with Crippen molar-refractivity contribution >= 4 is 5.97 Å². The van der Waals surface area contributed by atoms with Gasteiger partial charge in [-0.1, -0.05) is 38.0 Å². The number of hydrogen-bond acceptors (Lipinski definition) is 2. The molecule has 24 heavy (non-hydrogen) atoms. The zero-order chi connectivity index (χ0) is 17.7. The maximum absolute atomic E-state index is 13.8. The molecule has 1 fully saturated rings. The van der Waals surface area contributed by atoms with Gasteiger partial charge in [-0.05, 0) is 69.9 Å². The van der Waals surface area contributed by atoms with Crippen LogP contribution in [0.2, 0.25) is 0 Å². The Bertz CT molecular complexity index is 539. The number of rotatable bonds is 5. The van der Waals surface area contributed by atoms with E-state index in [1.54, 1.807) is 12.1 Å². The van der Waals surface area contributed by atoms with E-state index < -0.39 is 5.60 Å². The van der Waals surface area contributed by atoms with Gasteiger partial charge in [-0.3, -0.25) is 4.79 Å². The van der Waals surface area contributed by atoms with Crippen molar-refractivity contribution < 1.29 is 13.9 Å². The highest BCUT2D eigenvalue weighted by Gasteiger charge is 2.27. The lowest BCUT2D eigenvalue weighted by molar-refractivity contribution is -0.160. The molecule has 2 rings (SSSR count). The summed E-state index contributed by atoms with van der Waals surface area (Å²) in [6.45, 7) is 7.70. The summed E-state index contributed by atoms with van der Waals surface area (Å²) in [5.41, 5.74) is 0.422. The molecule has 0 N–H and O–H groups in total. The van der Waals surface area contributed by atoms with Crippen molar-refractivity contribution in [2.75, 3.05) is 0 Å². The standard InChI is InChI=1S/C21H31FO2/c1-15(20(23)24-21(2,3)4)13-16-9-11-17(12-10-16)14-18-7-5-6-8-19(18)22/h5-8,15-17H,9-14H2,1-4H3. The minimum absolute atomic E-state index is 0.0441. The summed E-state index contributed by atoms with van der Waals surface area (Å²) in [6, 6.07) is 7.09. The Balaban J connectivity index is 1.76. The fourth-order valence-corrected chi connectivity index (χ4v) is 3.64. The number of halogens is 1. The van der Waals surface area contributed by atoms with Gasteiger partial charge in [0.25, 0.3) is 0 Å². The van der Waals surface area contributed by atoms with Crippen molar-refractivity contribution in [2.24, 2.45) is 17.8 Å². The smallest absolute Gasteiger partial charge is 0.309 e. The molecule has 1 aromatic rings. The third kappa shape index (κ3) is 5.92. The zero-order valence-electron chi connectivity index (χ0n) is 15.5. The van der Waals surface area contributed by atoms with Crippen LogP contribution in [0, 0.1) is 23.6 Å². The van der Waals surface area contributed by atoms with Crippen LogP contribution in [-0.2, 0) is 16.0 Å². The Morgan fingerprint density at radius 2 is 1.75 bits per heavy atom. The number of benzene rings is 1. The van der Waals surface area contributed by atoms with Crippen LogP contribution in [0.5, 0.6) is 0 Å². The second-order valence-electron chi connectivity index (χ2n) is 8.35. The summed E-state index contributed by atoms with van der Waals surface area (Å²) < 4.78 is 19.2. The average Bonchev–Trinajstić information content (AvgIpc) is 2.50. The van der Waals surface area contributed by atoms with E-state index in [1.165, 1.54) is 0 Å². The van der Waals surface area contributed by atoms with Crippen LogP contribution in [0.1, 0.15) is 65.4 Å². The normalized spacial score (nSPS) is 22.9. The first-order valence-electron chi connectivity index (χ1n) is 9.21. The molecule has 1 aliphatic rings. The van der Waals surface area contributed by atoms with Crippen LogP contribution in [-0.4, -0.2) is 11.6 Å². The van der Waals surface area contributed by atoms with E-state index in [9.17, 15) is 9.18 Å². The molecule has 1 unspecified atom stereocenters. The van der Waals surface area contributed by atoms with E-state index in [0.29, 0.717) is 11.8 Å². The highest BCUT2D eigenvalue weighted by molar-refractivity contribution is 5.72. The third-order valence-corrected chi connectivity index (χ3v) is 4.93. The number of ether oxygens (including phenoxy) is 1. The second kappa shape index (κ2) is 8.13. The number of carbonyl (C=O) groups excluding carboxylic acids is 1. The maximum Gasteiger partial charge on any atom is 0.309 e. The summed E-state index contributed by atoms with van der Waals surface area (Å²) in [7, 11) is 0. The Kier molecular flexibility index (Phi) is 6.42. The van der Waals surface area contributed by atoms with Crippen molar-refractivity contribution in [2.45, 2.75) is 71.8 Å².